The second-order valence-electron chi connectivity index (χ2n) is 2.96. The molecule has 4 heteroatoms. The Kier molecular flexibility index (Phi) is 2.14. The SMILES string of the molecule is c1snnc1CC1CCNC1. The maximum atomic E-state index is 4.02. The Morgan fingerprint density at radius 3 is 3.36 bits per heavy atom. The van der Waals surface area contributed by atoms with Crippen molar-refractivity contribution in [2.24, 2.45) is 5.92 Å². The molecule has 60 valence electrons. The van der Waals surface area contributed by atoms with Gasteiger partial charge in [0.25, 0.3) is 0 Å². The van der Waals surface area contributed by atoms with E-state index >= 15 is 0 Å². The quantitative estimate of drug-likeness (QED) is 0.708. The van der Waals surface area contributed by atoms with Gasteiger partial charge in [0, 0.05) is 5.38 Å². The number of nitrogens with one attached hydrogen (secondary N) is 1. The zero-order valence-electron chi connectivity index (χ0n) is 6.29. The van der Waals surface area contributed by atoms with Crippen LogP contribution >= 0.6 is 11.5 Å². The third kappa shape index (κ3) is 1.75. The average molecular weight is 169 g/mol. The van der Waals surface area contributed by atoms with Crippen molar-refractivity contribution in [1.29, 1.82) is 0 Å². The predicted octanol–water partition coefficient (Wildman–Crippen LogP) is 0.690. The molecule has 1 aliphatic rings. The first kappa shape index (κ1) is 7.18. The maximum absolute atomic E-state index is 4.02. The van der Waals surface area contributed by atoms with E-state index in [2.05, 4.69) is 14.9 Å². The second-order valence-corrected chi connectivity index (χ2v) is 3.57. The molecule has 0 saturated carbocycles. The summed E-state index contributed by atoms with van der Waals surface area (Å²) in [5, 5.41) is 9.40. The molecule has 11 heavy (non-hydrogen) atoms. The molecule has 0 spiro atoms. The molecule has 1 N–H and O–H groups in total. The lowest BCUT2D eigenvalue weighted by Crippen LogP contribution is -2.10. The molecule has 0 radical (unpaired) electrons. The molecule has 1 saturated heterocycles. The van der Waals surface area contributed by atoms with Crippen LogP contribution in [0.15, 0.2) is 5.38 Å². The Bertz CT molecular complexity index is 203. The first-order valence-electron chi connectivity index (χ1n) is 3.92. The number of rotatable bonds is 2. The van der Waals surface area contributed by atoms with E-state index < -0.39 is 0 Å². The highest BCUT2D eigenvalue weighted by atomic mass is 32.1. The highest BCUT2D eigenvalue weighted by Crippen LogP contribution is 2.13. The number of hydrogen-bond acceptors (Lipinski definition) is 4. The van der Waals surface area contributed by atoms with E-state index in [1.165, 1.54) is 24.5 Å². The van der Waals surface area contributed by atoms with Crippen molar-refractivity contribution in [1.82, 2.24) is 14.9 Å². The summed E-state index contributed by atoms with van der Waals surface area (Å²) in [6.45, 7) is 2.32. The highest BCUT2D eigenvalue weighted by molar-refractivity contribution is 7.03. The molecule has 0 aromatic carbocycles. The van der Waals surface area contributed by atoms with Crippen LogP contribution in [-0.2, 0) is 6.42 Å². The summed E-state index contributed by atoms with van der Waals surface area (Å²) < 4.78 is 3.84. The molecule has 1 fully saturated rings. The maximum Gasteiger partial charge on any atom is 0.0758 e. The van der Waals surface area contributed by atoms with Gasteiger partial charge in [-0.25, -0.2) is 0 Å². The van der Waals surface area contributed by atoms with Gasteiger partial charge in [-0.1, -0.05) is 4.49 Å². The fraction of sp³-hybridized carbons (Fsp3) is 0.714. The van der Waals surface area contributed by atoms with Crippen molar-refractivity contribution in [2.45, 2.75) is 12.8 Å². The third-order valence-corrected chi connectivity index (χ3v) is 2.62. The van der Waals surface area contributed by atoms with Gasteiger partial charge in [-0.2, -0.15) is 0 Å². The predicted molar refractivity (Wildman–Crippen MR) is 44.6 cm³/mol. The fourth-order valence-electron chi connectivity index (χ4n) is 1.46. The average Bonchev–Trinajstić information content (AvgIpc) is 2.60. The van der Waals surface area contributed by atoms with E-state index in [1.807, 2.05) is 5.38 Å². The summed E-state index contributed by atoms with van der Waals surface area (Å²) >= 11 is 1.44. The largest absolute Gasteiger partial charge is 0.316 e. The number of hydrogen-bond donors (Lipinski definition) is 1. The van der Waals surface area contributed by atoms with Crippen LogP contribution < -0.4 is 5.32 Å². The summed E-state index contributed by atoms with van der Waals surface area (Å²) in [4.78, 5) is 0. The second kappa shape index (κ2) is 3.28. The minimum atomic E-state index is 0.791. The summed E-state index contributed by atoms with van der Waals surface area (Å²) in [7, 11) is 0. The Morgan fingerprint density at radius 1 is 1.73 bits per heavy atom. The first-order chi connectivity index (χ1) is 5.45. The van der Waals surface area contributed by atoms with E-state index in [1.54, 1.807) is 0 Å². The third-order valence-electron chi connectivity index (χ3n) is 2.07. The van der Waals surface area contributed by atoms with E-state index in [0.29, 0.717) is 0 Å². The number of aromatic nitrogens is 2. The molecule has 0 amide bonds. The Labute approximate surface area is 70.0 Å². The lowest BCUT2D eigenvalue weighted by molar-refractivity contribution is 0.571. The van der Waals surface area contributed by atoms with Gasteiger partial charge in [-0.3, -0.25) is 0 Å². The topological polar surface area (TPSA) is 37.8 Å². The molecule has 1 atom stereocenters. The molecule has 1 aromatic heterocycles. The minimum Gasteiger partial charge on any atom is -0.316 e. The van der Waals surface area contributed by atoms with Gasteiger partial charge in [0.05, 0.1) is 5.69 Å². The van der Waals surface area contributed by atoms with Crippen molar-refractivity contribution in [2.75, 3.05) is 13.1 Å². The van der Waals surface area contributed by atoms with Gasteiger partial charge in [0.2, 0.25) is 0 Å². The van der Waals surface area contributed by atoms with E-state index in [0.717, 1.165) is 24.6 Å². The molecule has 2 rings (SSSR count). The summed E-state index contributed by atoms with van der Waals surface area (Å²) in [5.74, 6) is 0.791. The molecule has 0 bridgehead atoms. The summed E-state index contributed by atoms with van der Waals surface area (Å²) in [6, 6.07) is 0. The zero-order chi connectivity index (χ0) is 7.52. The highest BCUT2D eigenvalue weighted by Gasteiger charge is 2.15. The monoisotopic (exact) mass is 169 g/mol. The van der Waals surface area contributed by atoms with E-state index in [4.69, 9.17) is 0 Å². The van der Waals surface area contributed by atoms with Crippen LogP contribution in [0.3, 0.4) is 0 Å². The number of nitrogens with zero attached hydrogens (tertiary/aromatic N) is 2. The zero-order valence-corrected chi connectivity index (χ0v) is 7.10. The smallest absolute Gasteiger partial charge is 0.0758 e. The lowest BCUT2D eigenvalue weighted by Gasteiger charge is -2.02. The van der Waals surface area contributed by atoms with Crippen LogP contribution in [0.5, 0.6) is 0 Å². The fourth-order valence-corrected chi connectivity index (χ4v) is 1.92. The molecule has 1 aromatic rings. The Morgan fingerprint density at radius 2 is 2.73 bits per heavy atom. The van der Waals surface area contributed by atoms with Crippen molar-refractivity contribution < 1.29 is 0 Å². The van der Waals surface area contributed by atoms with Crippen LogP contribution in [-0.4, -0.2) is 22.7 Å². The minimum absolute atomic E-state index is 0.791. The van der Waals surface area contributed by atoms with Gasteiger partial charge >= 0.3 is 0 Å². The lowest BCUT2D eigenvalue weighted by atomic mass is 10.0. The van der Waals surface area contributed by atoms with Gasteiger partial charge in [-0.15, -0.1) is 5.10 Å². The summed E-state index contributed by atoms with van der Waals surface area (Å²) in [5.41, 5.74) is 1.16. The normalized spacial score (nSPS) is 24.2. The standard InChI is InChI=1S/C7H11N3S/c1-2-8-4-6(1)3-7-5-11-10-9-7/h5-6,8H,1-4H2. The summed E-state index contributed by atoms with van der Waals surface area (Å²) in [6.07, 6.45) is 2.39. The van der Waals surface area contributed by atoms with Crippen molar-refractivity contribution in [3.8, 4) is 0 Å². The molecule has 3 nitrogen and oxygen atoms in total. The van der Waals surface area contributed by atoms with Crippen LogP contribution in [0.4, 0.5) is 0 Å². The van der Waals surface area contributed by atoms with Gasteiger partial charge in [-0.05, 0) is 43.4 Å². The first-order valence-corrected chi connectivity index (χ1v) is 4.75. The van der Waals surface area contributed by atoms with Crippen LogP contribution in [0.25, 0.3) is 0 Å². The molecule has 1 unspecified atom stereocenters. The van der Waals surface area contributed by atoms with Crippen LogP contribution in [0.1, 0.15) is 12.1 Å². The van der Waals surface area contributed by atoms with Gasteiger partial charge < -0.3 is 5.32 Å². The van der Waals surface area contributed by atoms with Crippen molar-refractivity contribution in [3.05, 3.63) is 11.1 Å². The van der Waals surface area contributed by atoms with E-state index in [-0.39, 0.29) is 0 Å². The van der Waals surface area contributed by atoms with Gasteiger partial charge in [0.1, 0.15) is 0 Å². The molecule has 2 heterocycles. The Hall–Kier alpha value is -0.480. The molecular weight excluding hydrogens is 158 g/mol. The van der Waals surface area contributed by atoms with E-state index in [9.17, 15) is 0 Å². The molecule has 0 aliphatic carbocycles. The molecule has 1 aliphatic heterocycles. The van der Waals surface area contributed by atoms with Crippen LogP contribution in [0.2, 0.25) is 0 Å². The van der Waals surface area contributed by atoms with Crippen LogP contribution in [0, 0.1) is 5.92 Å². The molecular formula is C7H11N3S. The van der Waals surface area contributed by atoms with Crippen molar-refractivity contribution >= 4 is 11.5 Å². The van der Waals surface area contributed by atoms with Gasteiger partial charge in [0.15, 0.2) is 0 Å². The van der Waals surface area contributed by atoms with Crippen molar-refractivity contribution in [3.63, 3.8) is 0 Å². The Balaban J connectivity index is 1.90.